The van der Waals surface area contributed by atoms with Gasteiger partial charge in [-0.25, -0.2) is 4.98 Å². The second-order valence-electron chi connectivity index (χ2n) is 5.16. The van der Waals surface area contributed by atoms with Crippen LogP contribution in [0.3, 0.4) is 0 Å². The van der Waals surface area contributed by atoms with Crippen LogP contribution in [-0.4, -0.2) is 23.2 Å². The molecule has 1 aromatic carbocycles. The van der Waals surface area contributed by atoms with Crippen LogP contribution < -0.4 is 10.1 Å². The molecule has 2 N–H and O–H groups in total. The monoisotopic (exact) mass is 286 g/mol. The van der Waals surface area contributed by atoms with Gasteiger partial charge in [0.2, 0.25) is 5.88 Å². The molecule has 1 heterocycles. The summed E-state index contributed by atoms with van der Waals surface area (Å²) in [5.41, 5.74) is 2.21. The Kier molecular flexibility index (Phi) is 5.58. The maximum Gasteiger partial charge on any atom is 0.213 e. The van der Waals surface area contributed by atoms with Crippen molar-refractivity contribution in [2.75, 3.05) is 7.11 Å². The van der Waals surface area contributed by atoms with Crippen molar-refractivity contribution in [2.45, 2.75) is 32.4 Å². The molecule has 0 aliphatic heterocycles. The molecule has 0 saturated heterocycles. The molecule has 0 aliphatic rings. The van der Waals surface area contributed by atoms with E-state index in [9.17, 15) is 5.11 Å². The van der Waals surface area contributed by atoms with E-state index in [1.165, 1.54) is 5.56 Å². The molecule has 0 aliphatic carbocycles. The SMILES string of the molecule is COc1cccc(CNC(C)CCc2ccc(O)cc2)n1. The summed E-state index contributed by atoms with van der Waals surface area (Å²) < 4.78 is 5.12. The second kappa shape index (κ2) is 7.64. The third-order valence-electron chi connectivity index (χ3n) is 3.42. The topological polar surface area (TPSA) is 54.4 Å². The van der Waals surface area contributed by atoms with Crippen LogP contribution in [0.5, 0.6) is 11.6 Å². The zero-order valence-electron chi connectivity index (χ0n) is 12.5. The van der Waals surface area contributed by atoms with Crippen LogP contribution in [0, 0.1) is 0 Å². The highest BCUT2D eigenvalue weighted by molar-refractivity contribution is 5.25. The number of phenolic OH excluding ortho intramolecular Hbond substituents is 1. The van der Waals surface area contributed by atoms with E-state index in [0.29, 0.717) is 17.7 Å². The van der Waals surface area contributed by atoms with Crippen LogP contribution in [0.2, 0.25) is 0 Å². The summed E-state index contributed by atoms with van der Waals surface area (Å²) in [6, 6.07) is 13.6. The number of pyridine rings is 1. The maximum absolute atomic E-state index is 9.26. The van der Waals surface area contributed by atoms with Gasteiger partial charge in [0.15, 0.2) is 0 Å². The number of hydrogen-bond acceptors (Lipinski definition) is 4. The van der Waals surface area contributed by atoms with Crippen molar-refractivity contribution >= 4 is 0 Å². The first-order valence-electron chi connectivity index (χ1n) is 7.18. The van der Waals surface area contributed by atoms with Gasteiger partial charge in [-0.05, 0) is 43.5 Å². The van der Waals surface area contributed by atoms with Crippen molar-refractivity contribution in [1.82, 2.24) is 10.3 Å². The molecular weight excluding hydrogens is 264 g/mol. The Bertz CT molecular complexity index is 555. The molecule has 2 rings (SSSR count). The van der Waals surface area contributed by atoms with E-state index < -0.39 is 0 Å². The second-order valence-corrected chi connectivity index (χ2v) is 5.16. The van der Waals surface area contributed by atoms with Gasteiger partial charge in [-0.1, -0.05) is 18.2 Å². The minimum absolute atomic E-state index is 0.314. The number of nitrogens with zero attached hydrogens (tertiary/aromatic N) is 1. The molecule has 0 bridgehead atoms. The summed E-state index contributed by atoms with van der Waals surface area (Å²) in [6.45, 7) is 2.90. The minimum atomic E-state index is 0.314. The van der Waals surface area contributed by atoms with Gasteiger partial charge in [-0.3, -0.25) is 0 Å². The van der Waals surface area contributed by atoms with Crippen molar-refractivity contribution in [2.24, 2.45) is 0 Å². The number of methoxy groups -OCH3 is 1. The fourth-order valence-corrected chi connectivity index (χ4v) is 2.10. The fraction of sp³-hybridized carbons (Fsp3) is 0.353. The van der Waals surface area contributed by atoms with Crippen LogP contribution in [0.4, 0.5) is 0 Å². The Labute approximate surface area is 125 Å². The molecule has 1 atom stereocenters. The summed E-state index contributed by atoms with van der Waals surface area (Å²) in [5, 5.41) is 12.7. The van der Waals surface area contributed by atoms with Crippen molar-refractivity contribution in [3.05, 3.63) is 53.7 Å². The van der Waals surface area contributed by atoms with Gasteiger partial charge in [0, 0.05) is 18.7 Å². The van der Waals surface area contributed by atoms with Crippen LogP contribution in [0.15, 0.2) is 42.5 Å². The smallest absolute Gasteiger partial charge is 0.213 e. The van der Waals surface area contributed by atoms with Crippen molar-refractivity contribution in [1.29, 1.82) is 0 Å². The van der Waals surface area contributed by atoms with Crippen molar-refractivity contribution < 1.29 is 9.84 Å². The third kappa shape index (κ3) is 5.08. The zero-order chi connectivity index (χ0) is 15.1. The Hall–Kier alpha value is -2.07. The van der Waals surface area contributed by atoms with E-state index in [1.807, 2.05) is 30.3 Å². The molecule has 112 valence electrons. The highest BCUT2D eigenvalue weighted by atomic mass is 16.5. The number of benzene rings is 1. The van der Waals surface area contributed by atoms with E-state index in [4.69, 9.17) is 4.74 Å². The van der Waals surface area contributed by atoms with E-state index in [1.54, 1.807) is 19.2 Å². The molecular formula is C17H22N2O2. The summed E-state index contributed by atoms with van der Waals surface area (Å²) in [6.07, 6.45) is 2.02. The molecule has 4 nitrogen and oxygen atoms in total. The number of hydrogen-bond donors (Lipinski definition) is 2. The number of rotatable bonds is 7. The number of phenols is 1. The van der Waals surface area contributed by atoms with Gasteiger partial charge in [0.1, 0.15) is 5.75 Å². The molecule has 0 amide bonds. The van der Waals surface area contributed by atoms with Gasteiger partial charge in [-0.15, -0.1) is 0 Å². The average Bonchev–Trinajstić information content (AvgIpc) is 2.52. The van der Waals surface area contributed by atoms with Crippen LogP contribution in [0.1, 0.15) is 24.6 Å². The van der Waals surface area contributed by atoms with Gasteiger partial charge < -0.3 is 15.2 Å². The first kappa shape index (κ1) is 15.3. The Morgan fingerprint density at radius 1 is 1.19 bits per heavy atom. The normalized spacial score (nSPS) is 12.1. The standard InChI is InChI=1S/C17H22N2O2/c1-13(6-7-14-8-10-16(20)11-9-14)18-12-15-4-3-5-17(19-15)21-2/h3-5,8-11,13,18,20H,6-7,12H2,1-2H3. The molecule has 0 radical (unpaired) electrons. The largest absolute Gasteiger partial charge is 0.508 e. The van der Waals surface area contributed by atoms with E-state index in [2.05, 4.69) is 17.2 Å². The average molecular weight is 286 g/mol. The van der Waals surface area contributed by atoms with Gasteiger partial charge in [0.05, 0.1) is 12.8 Å². The molecule has 4 heteroatoms. The molecule has 21 heavy (non-hydrogen) atoms. The summed E-state index contributed by atoms with van der Waals surface area (Å²) in [5.74, 6) is 0.958. The lowest BCUT2D eigenvalue weighted by atomic mass is 10.1. The van der Waals surface area contributed by atoms with Crippen LogP contribution >= 0.6 is 0 Å². The lowest BCUT2D eigenvalue weighted by molar-refractivity contribution is 0.394. The van der Waals surface area contributed by atoms with E-state index >= 15 is 0 Å². The summed E-state index contributed by atoms with van der Waals surface area (Å²) in [4.78, 5) is 4.38. The third-order valence-corrected chi connectivity index (χ3v) is 3.42. The number of aryl methyl sites for hydroxylation is 1. The van der Waals surface area contributed by atoms with Gasteiger partial charge in [-0.2, -0.15) is 0 Å². The predicted molar refractivity (Wildman–Crippen MR) is 83.5 cm³/mol. The Balaban J connectivity index is 1.76. The van der Waals surface area contributed by atoms with Gasteiger partial charge >= 0.3 is 0 Å². The minimum Gasteiger partial charge on any atom is -0.508 e. The highest BCUT2D eigenvalue weighted by Gasteiger charge is 2.04. The molecule has 2 aromatic rings. The van der Waals surface area contributed by atoms with Crippen molar-refractivity contribution in [3.63, 3.8) is 0 Å². The Morgan fingerprint density at radius 2 is 1.95 bits per heavy atom. The zero-order valence-corrected chi connectivity index (χ0v) is 12.5. The number of nitrogens with one attached hydrogen (secondary N) is 1. The fourth-order valence-electron chi connectivity index (χ4n) is 2.10. The Morgan fingerprint density at radius 3 is 2.67 bits per heavy atom. The lowest BCUT2D eigenvalue weighted by Crippen LogP contribution is -2.26. The number of aromatic nitrogens is 1. The molecule has 0 saturated carbocycles. The number of ether oxygens (including phenoxy) is 1. The molecule has 0 fully saturated rings. The first-order chi connectivity index (χ1) is 10.2. The van der Waals surface area contributed by atoms with E-state index in [-0.39, 0.29) is 0 Å². The van der Waals surface area contributed by atoms with Crippen LogP contribution in [0.25, 0.3) is 0 Å². The maximum atomic E-state index is 9.26. The molecule has 1 unspecified atom stereocenters. The summed E-state index contributed by atoms with van der Waals surface area (Å²) in [7, 11) is 1.62. The molecule has 1 aromatic heterocycles. The molecule has 0 spiro atoms. The highest BCUT2D eigenvalue weighted by Crippen LogP contribution is 2.12. The predicted octanol–water partition coefficient (Wildman–Crippen LogP) is 2.91. The van der Waals surface area contributed by atoms with Crippen molar-refractivity contribution in [3.8, 4) is 11.6 Å². The van der Waals surface area contributed by atoms with E-state index in [0.717, 1.165) is 25.1 Å². The van der Waals surface area contributed by atoms with Crippen LogP contribution in [-0.2, 0) is 13.0 Å². The number of aromatic hydroxyl groups is 1. The van der Waals surface area contributed by atoms with Gasteiger partial charge in [0.25, 0.3) is 0 Å². The summed E-state index contributed by atoms with van der Waals surface area (Å²) >= 11 is 0. The lowest BCUT2D eigenvalue weighted by Gasteiger charge is -2.13. The first-order valence-corrected chi connectivity index (χ1v) is 7.18. The quantitative estimate of drug-likeness (QED) is 0.821.